The summed E-state index contributed by atoms with van der Waals surface area (Å²) >= 11 is 8.90. The van der Waals surface area contributed by atoms with E-state index in [1.54, 1.807) is 45.4 Å². The molecular weight excluding hydrogens is 394 g/mol. The van der Waals surface area contributed by atoms with E-state index in [0.29, 0.717) is 22.4 Å². The molecule has 0 saturated carbocycles. The van der Waals surface area contributed by atoms with Gasteiger partial charge in [-0.2, -0.15) is 0 Å². The van der Waals surface area contributed by atoms with Crippen LogP contribution in [-0.2, 0) is 5.75 Å². The average Bonchev–Trinajstić information content (AvgIpc) is 3.15. The van der Waals surface area contributed by atoms with Crippen molar-refractivity contribution in [3.05, 3.63) is 41.2 Å². The third-order valence-electron chi connectivity index (χ3n) is 3.47. The van der Waals surface area contributed by atoms with Gasteiger partial charge in [0, 0.05) is 17.5 Å². The summed E-state index contributed by atoms with van der Waals surface area (Å²) in [6.07, 6.45) is 1.76. The van der Waals surface area contributed by atoms with E-state index in [0.717, 1.165) is 26.2 Å². The number of hydrogen-bond acceptors (Lipinski definition) is 8. The Morgan fingerprint density at radius 2 is 1.77 bits per heavy atom. The number of rotatable bonds is 7. The molecule has 3 rings (SSSR count). The van der Waals surface area contributed by atoms with Crippen LogP contribution in [0, 0.1) is 0 Å². The van der Waals surface area contributed by atoms with E-state index in [9.17, 15) is 0 Å². The van der Waals surface area contributed by atoms with Crippen molar-refractivity contribution < 1.29 is 14.2 Å². The van der Waals surface area contributed by atoms with Gasteiger partial charge in [-0.25, -0.2) is 4.98 Å². The first-order chi connectivity index (χ1) is 12.6. The molecule has 0 unspecified atom stereocenters. The van der Waals surface area contributed by atoms with Crippen LogP contribution in [0.15, 0.2) is 34.8 Å². The number of benzene rings is 1. The quantitative estimate of drug-likeness (QED) is 0.418. The normalized spacial score (nSPS) is 10.6. The fraction of sp³-hybridized carbons (Fsp3) is 0.235. The number of thioether (sulfide) groups is 1. The maximum Gasteiger partial charge on any atom is 0.203 e. The Bertz CT molecular complexity index is 862. The van der Waals surface area contributed by atoms with Crippen LogP contribution in [0.3, 0.4) is 0 Å². The van der Waals surface area contributed by atoms with Crippen molar-refractivity contribution in [2.45, 2.75) is 10.1 Å². The maximum absolute atomic E-state index is 5.80. The second-order valence-corrected chi connectivity index (χ2v) is 7.65. The Labute approximate surface area is 164 Å². The Morgan fingerprint density at radius 1 is 1.04 bits per heavy atom. The number of pyridine rings is 1. The molecule has 0 spiro atoms. The average molecular weight is 410 g/mol. The van der Waals surface area contributed by atoms with Crippen LogP contribution in [-0.4, -0.2) is 36.5 Å². The van der Waals surface area contributed by atoms with Gasteiger partial charge >= 0.3 is 0 Å². The number of nitrogens with zero attached hydrogens (tertiary/aromatic N) is 3. The zero-order valence-corrected chi connectivity index (χ0v) is 16.7. The topological polar surface area (TPSA) is 66.4 Å². The van der Waals surface area contributed by atoms with Crippen LogP contribution in [0.2, 0.25) is 5.15 Å². The molecule has 1 aromatic carbocycles. The molecule has 26 heavy (non-hydrogen) atoms. The summed E-state index contributed by atoms with van der Waals surface area (Å²) in [5.41, 5.74) is 1.93. The van der Waals surface area contributed by atoms with E-state index >= 15 is 0 Å². The monoisotopic (exact) mass is 409 g/mol. The highest BCUT2D eigenvalue weighted by Gasteiger charge is 2.16. The summed E-state index contributed by atoms with van der Waals surface area (Å²) in [5.74, 6) is 2.46. The van der Waals surface area contributed by atoms with Crippen molar-refractivity contribution in [1.29, 1.82) is 0 Å². The Balaban J connectivity index is 1.79. The van der Waals surface area contributed by atoms with E-state index in [4.69, 9.17) is 25.8 Å². The van der Waals surface area contributed by atoms with Gasteiger partial charge in [-0.05, 0) is 23.8 Å². The van der Waals surface area contributed by atoms with Gasteiger partial charge in [0.05, 0.1) is 21.3 Å². The minimum Gasteiger partial charge on any atom is -0.493 e. The van der Waals surface area contributed by atoms with Gasteiger partial charge in [-0.1, -0.05) is 40.8 Å². The van der Waals surface area contributed by atoms with Gasteiger partial charge in [-0.3, -0.25) is 0 Å². The van der Waals surface area contributed by atoms with Crippen LogP contribution < -0.4 is 14.2 Å². The lowest BCUT2D eigenvalue weighted by Crippen LogP contribution is -1.95. The molecule has 6 nitrogen and oxygen atoms in total. The molecule has 0 amide bonds. The van der Waals surface area contributed by atoms with Crippen molar-refractivity contribution >= 4 is 34.7 Å². The molecule has 0 aliphatic heterocycles. The first-order valence-electron chi connectivity index (χ1n) is 7.51. The lowest BCUT2D eigenvalue weighted by molar-refractivity contribution is 0.324. The van der Waals surface area contributed by atoms with Crippen LogP contribution in [0.5, 0.6) is 17.2 Å². The van der Waals surface area contributed by atoms with Crippen LogP contribution >= 0.6 is 34.7 Å². The van der Waals surface area contributed by atoms with Crippen LogP contribution in [0.1, 0.15) is 5.56 Å². The molecule has 0 radical (unpaired) electrons. The fourth-order valence-corrected chi connectivity index (χ4v) is 4.11. The number of hydrogen-bond donors (Lipinski definition) is 0. The lowest BCUT2D eigenvalue weighted by atomic mass is 10.2. The van der Waals surface area contributed by atoms with Crippen LogP contribution in [0.4, 0.5) is 0 Å². The largest absolute Gasteiger partial charge is 0.493 e. The zero-order chi connectivity index (χ0) is 18.5. The molecule has 0 atom stereocenters. The molecular formula is C17H16ClN3O3S2. The lowest BCUT2D eigenvalue weighted by Gasteiger charge is -2.13. The summed E-state index contributed by atoms with van der Waals surface area (Å²) in [6, 6.07) is 7.45. The molecule has 0 bridgehead atoms. The fourth-order valence-electron chi connectivity index (χ4n) is 2.23. The van der Waals surface area contributed by atoms with Gasteiger partial charge in [-0.15, -0.1) is 10.2 Å². The highest BCUT2D eigenvalue weighted by molar-refractivity contribution is 8.00. The van der Waals surface area contributed by atoms with Gasteiger partial charge in [0.1, 0.15) is 10.2 Å². The van der Waals surface area contributed by atoms with E-state index < -0.39 is 0 Å². The Kier molecular flexibility index (Phi) is 6.18. The molecule has 0 aliphatic rings. The Hall–Kier alpha value is -2.03. The van der Waals surface area contributed by atoms with Crippen molar-refractivity contribution in [1.82, 2.24) is 15.2 Å². The predicted molar refractivity (Wildman–Crippen MR) is 104 cm³/mol. The van der Waals surface area contributed by atoms with E-state index in [1.807, 2.05) is 18.2 Å². The third kappa shape index (κ3) is 4.20. The van der Waals surface area contributed by atoms with E-state index in [1.165, 1.54) is 11.3 Å². The predicted octanol–water partition coefficient (Wildman–Crippen LogP) is 4.57. The highest BCUT2D eigenvalue weighted by Crippen LogP contribution is 2.42. The minimum atomic E-state index is 0.486. The summed E-state index contributed by atoms with van der Waals surface area (Å²) in [6.45, 7) is 0. The minimum absolute atomic E-state index is 0.486. The van der Waals surface area contributed by atoms with Gasteiger partial charge < -0.3 is 14.2 Å². The van der Waals surface area contributed by atoms with Crippen molar-refractivity contribution in [2.24, 2.45) is 0 Å². The van der Waals surface area contributed by atoms with Crippen molar-refractivity contribution in [3.63, 3.8) is 0 Å². The first kappa shape index (κ1) is 18.8. The smallest absolute Gasteiger partial charge is 0.203 e. The highest BCUT2D eigenvalue weighted by atomic mass is 35.5. The third-order valence-corrected chi connectivity index (χ3v) is 5.87. The molecule has 9 heteroatoms. The molecule has 136 valence electrons. The summed E-state index contributed by atoms with van der Waals surface area (Å²) in [5, 5.41) is 9.79. The second-order valence-electron chi connectivity index (χ2n) is 5.06. The van der Waals surface area contributed by atoms with Gasteiger partial charge in [0.25, 0.3) is 0 Å². The van der Waals surface area contributed by atoms with Gasteiger partial charge in [0.2, 0.25) is 5.75 Å². The number of ether oxygens (including phenoxy) is 3. The molecule has 2 heterocycles. The standard InChI is InChI=1S/C17H16ClN3O3S2/c1-22-12-6-11(7-13(23-2)15(12)24-3)16-20-21-17(26-16)25-9-10-4-5-14(18)19-8-10/h4-8H,9H2,1-3H3. The van der Waals surface area contributed by atoms with Crippen molar-refractivity contribution in [3.8, 4) is 27.8 Å². The number of methoxy groups -OCH3 is 3. The van der Waals surface area contributed by atoms with Crippen molar-refractivity contribution in [2.75, 3.05) is 21.3 Å². The molecule has 0 N–H and O–H groups in total. The van der Waals surface area contributed by atoms with Crippen LogP contribution in [0.25, 0.3) is 10.6 Å². The van der Waals surface area contributed by atoms with Gasteiger partial charge in [0.15, 0.2) is 15.8 Å². The molecule has 0 fully saturated rings. The summed E-state index contributed by atoms with van der Waals surface area (Å²) in [7, 11) is 4.75. The number of aromatic nitrogens is 3. The molecule has 3 aromatic rings. The Morgan fingerprint density at radius 3 is 2.35 bits per heavy atom. The first-order valence-corrected chi connectivity index (χ1v) is 9.69. The second kappa shape index (κ2) is 8.57. The summed E-state index contributed by atoms with van der Waals surface area (Å²) in [4.78, 5) is 4.08. The zero-order valence-electron chi connectivity index (χ0n) is 14.4. The molecule has 2 aromatic heterocycles. The number of halogens is 1. The maximum atomic E-state index is 5.80. The molecule has 0 aliphatic carbocycles. The summed E-state index contributed by atoms with van der Waals surface area (Å²) < 4.78 is 17.0. The molecule has 0 saturated heterocycles. The van der Waals surface area contributed by atoms with E-state index in [2.05, 4.69) is 15.2 Å². The van der Waals surface area contributed by atoms with E-state index in [-0.39, 0.29) is 0 Å². The SMILES string of the molecule is COc1cc(-c2nnc(SCc3ccc(Cl)nc3)s2)cc(OC)c1OC.